The van der Waals surface area contributed by atoms with Crippen molar-refractivity contribution in [3.05, 3.63) is 83.1 Å². The first-order valence-corrected chi connectivity index (χ1v) is 10.8. The average molecular weight is 452 g/mol. The summed E-state index contributed by atoms with van der Waals surface area (Å²) in [5.74, 6) is -0.451. The molecule has 2 aromatic carbocycles. The number of halogens is 1. The number of rotatable bonds is 8. The number of ether oxygens (including phenoxy) is 2. The van der Waals surface area contributed by atoms with E-state index in [9.17, 15) is 19.5 Å². The van der Waals surface area contributed by atoms with Gasteiger partial charge in [-0.2, -0.15) is 4.73 Å². The van der Waals surface area contributed by atoms with Crippen LogP contribution in [0.5, 0.6) is 11.5 Å². The number of nitrogens with zero attached hydrogens (tertiary/aromatic N) is 2. The molecule has 1 heterocycles. The third kappa shape index (κ3) is 5.34. The molecule has 1 N–H and O–H groups in total. The molecule has 0 bridgehead atoms. The first-order chi connectivity index (χ1) is 15.9. The fourth-order valence-electron chi connectivity index (χ4n) is 4.07. The summed E-state index contributed by atoms with van der Waals surface area (Å²) >= 11 is 0. The highest BCUT2D eigenvalue weighted by molar-refractivity contribution is 5.88. The van der Waals surface area contributed by atoms with E-state index in [1.807, 2.05) is 17.0 Å². The fraction of sp³-hybridized carbons (Fsp3) is 0.280. The van der Waals surface area contributed by atoms with E-state index in [0.717, 1.165) is 37.6 Å². The van der Waals surface area contributed by atoms with Gasteiger partial charge in [-0.3, -0.25) is 0 Å². The van der Waals surface area contributed by atoms with E-state index in [1.54, 1.807) is 25.3 Å². The summed E-state index contributed by atoms with van der Waals surface area (Å²) in [6.45, 7) is 0.182. The maximum Gasteiger partial charge on any atom is 0.335 e. The number of methoxy groups -OCH3 is 1. The molecular weight excluding hydrogens is 427 g/mol. The fourth-order valence-corrected chi connectivity index (χ4v) is 4.07. The van der Waals surface area contributed by atoms with Crippen molar-refractivity contribution in [3.8, 4) is 11.5 Å². The molecule has 1 aliphatic rings. The molecule has 1 fully saturated rings. The molecule has 0 atom stereocenters. The molecule has 172 valence electrons. The van der Waals surface area contributed by atoms with Crippen LogP contribution in [0.2, 0.25) is 0 Å². The molecule has 8 heteroatoms. The van der Waals surface area contributed by atoms with E-state index in [4.69, 9.17) is 9.47 Å². The third-order valence-corrected chi connectivity index (χ3v) is 5.69. The number of carbonyl (C=O) groups is 1. The van der Waals surface area contributed by atoms with Gasteiger partial charge in [0.25, 0.3) is 0 Å². The molecule has 33 heavy (non-hydrogen) atoms. The maximum atomic E-state index is 13.9. The Morgan fingerprint density at radius 2 is 1.79 bits per heavy atom. The van der Waals surface area contributed by atoms with Gasteiger partial charge in [-0.15, -0.1) is 0 Å². The van der Waals surface area contributed by atoms with E-state index in [1.165, 1.54) is 24.4 Å². The lowest BCUT2D eigenvalue weighted by molar-refractivity contribution is -0.607. The molecule has 0 amide bonds. The second-order valence-electron chi connectivity index (χ2n) is 8.02. The first kappa shape index (κ1) is 22.4. The lowest BCUT2D eigenvalue weighted by Crippen LogP contribution is -2.28. The highest BCUT2D eigenvalue weighted by Gasteiger charge is 2.21. The number of pyridine rings is 1. The van der Waals surface area contributed by atoms with E-state index < -0.39 is 11.8 Å². The number of carboxylic acid groups (broad SMARTS) is 1. The number of hydrogen-bond acceptors (Lipinski definition) is 5. The highest BCUT2D eigenvalue weighted by atomic mass is 19.1. The smallest absolute Gasteiger partial charge is 0.335 e. The molecule has 0 spiro atoms. The Morgan fingerprint density at radius 1 is 1.09 bits per heavy atom. The lowest BCUT2D eigenvalue weighted by atomic mass is 10.1. The van der Waals surface area contributed by atoms with Crippen LogP contribution in [0, 0.1) is 11.0 Å². The molecule has 4 rings (SSSR count). The van der Waals surface area contributed by atoms with E-state index in [0.29, 0.717) is 27.5 Å². The van der Waals surface area contributed by atoms with Crippen molar-refractivity contribution < 1.29 is 28.5 Å². The summed E-state index contributed by atoms with van der Waals surface area (Å²) in [5.41, 5.74) is 2.02. The number of aromatic carboxylic acids is 1. The zero-order chi connectivity index (χ0) is 23.4. The minimum atomic E-state index is -1.03. The summed E-state index contributed by atoms with van der Waals surface area (Å²) < 4.78 is 26.0. The van der Waals surface area contributed by atoms with Gasteiger partial charge in [0.15, 0.2) is 23.5 Å². The lowest BCUT2D eigenvalue weighted by Gasteiger charge is -2.26. The molecule has 7 nitrogen and oxygen atoms in total. The molecule has 1 aliphatic carbocycles. The Morgan fingerprint density at radius 3 is 2.42 bits per heavy atom. The van der Waals surface area contributed by atoms with Gasteiger partial charge in [-0.1, -0.05) is 0 Å². The SMILES string of the molecule is COc1ccc(N(Cc2cc(F)c[n+]([O-])c2)c2ccc(C(=O)O)cc2)cc1OC1CCCC1. The molecular formula is C25H25FN2O5. The van der Waals surface area contributed by atoms with E-state index in [-0.39, 0.29) is 18.2 Å². The van der Waals surface area contributed by atoms with Crippen molar-refractivity contribution in [1.82, 2.24) is 0 Å². The van der Waals surface area contributed by atoms with Gasteiger partial charge in [0, 0.05) is 23.0 Å². The Labute approximate surface area is 191 Å². The summed E-state index contributed by atoms with van der Waals surface area (Å²) in [7, 11) is 1.58. The first-order valence-electron chi connectivity index (χ1n) is 10.8. The van der Waals surface area contributed by atoms with Crippen molar-refractivity contribution in [2.24, 2.45) is 0 Å². The molecule has 1 saturated carbocycles. The molecule has 0 aliphatic heterocycles. The maximum absolute atomic E-state index is 13.9. The number of anilines is 2. The van der Waals surface area contributed by atoms with Crippen LogP contribution in [0.4, 0.5) is 15.8 Å². The summed E-state index contributed by atoms with van der Waals surface area (Å²) in [6, 6.07) is 13.2. The number of carboxylic acids is 1. The van der Waals surface area contributed by atoms with Gasteiger partial charge < -0.3 is 24.7 Å². The molecule has 1 aromatic heterocycles. The van der Waals surface area contributed by atoms with Crippen LogP contribution in [0.3, 0.4) is 0 Å². The Hall–Kier alpha value is -3.81. The van der Waals surface area contributed by atoms with Gasteiger partial charge in [0.2, 0.25) is 6.20 Å². The van der Waals surface area contributed by atoms with Crippen LogP contribution in [-0.2, 0) is 6.54 Å². The third-order valence-electron chi connectivity index (χ3n) is 5.69. The van der Waals surface area contributed by atoms with Crippen LogP contribution in [0.15, 0.2) is 60.9 Å². The minimum absolute atomic E-state index is 0.125. The predicted molar refractivity (Wildman–Crippen MR) is 120 cm³/mol. The van der Waals surface area contributed by atoms with Crippen molar-refractivity contribution in [3.63, 3.8) is 0 Å². The van der Waals surface area contributed by atoms with Crippen molar-refractivity contribution in [1.29, 1.82) is 0 Å². The molecule has 0 saturated heterocycles. The molecule has 0 radical (unpaired) electrons. The largest absolute Gasteiger partial charge is 0.619 e. The highest BCUT2D eigenvalue weighted by Crippen LogP contribution is 2.37. The predicted octanol–water partition coefficient (Wildman–Crippen LogP) is 4.83. The normalized spacial score (nSPS) is 13.6. The van der Waals surface area contributed by atoms with E-state index in [2.05, 4.69) is 0 Å². The zero-order valence-corrected chi connectivity index (χ0v) is 18.2. The van der Waals surface area contributed by atoms with Gasteiger partial charge in [-0.05, 0) is 68.1 Å². The second kappa shape index (κ2) is 9.77. The Bertz CT molecular complexity index is 1110. The second-order valence-corrected chi connectivity index (χ2v) is 8.02. The monoisotopic (exact) mass is 452 g/mol. The van der Waals surface area contributed by atoms with Crippen LogP contribution >= 0.6 is 0 Å². The summed E-state index contributed by atoms with van der Waals surface area (Å²) in [6.07, 6.45) is 6.52. The van der Waals surface area contributed by atoms with Crippen LogP contribution < -0.4 is 19.1 Å². The number of hydrogen-bond donors (Lipinski definition) is 1. The molecule has 0 unspecified atom stereocenters. The van der Waals surface area contributed by atoms with E-state index >= 15 is 0 Å². The van der Waals surface area contributed by atoms with Gasteiger partial charge in [-0.25, -0.2) is 9.18 Å². The van der Waals surface area contributed by atoms with Gasteiger partial charge in [0.05, 0.1) is 25.3 Å². The molecule has 3 aromatic rings. The Balaban J connectivity index is 1.73. The zero-order valence-electron chi connectivity index (χ0n) is 18.2. The van der Waals surface area contributed by atoms with Gasteiger partial charge >= 0.3 is 5.97 Å². The standard InChI is InChI=1S/C25H25FN2O5/c1-32-23-11-10-21(13-24(23)33-22-4-2-3-5-22)28(15-17-12-19(26)16-27(31)14-17)20-8-6-18(7-9-20)25(29)30/h6-14,16,22H,2-5,15H2,1H3,(H,29,30). The van der Waals surface area contributed by atoms with Crippen LogP contribution in [-0.4, -0.2) is 24.3 Å². The van der Waals surface area contributed by atoms with Crippen molar-refractivity contribution >= 4 is 17.3 Å². The number of benzene rings is 2. The summed E-state index contributed by atoms with van der Waals surface area (Å²) in [5, 5.41) is 21.0. The quantitative estimate of drug-likeness (QED) is 0.389. The summed E-state index contributed by atoms with van der Waals surface area (Å²) in [4.78, 5) is 13.1. The van der Waals surface area contributed by atoms with Crippen molar-refractivity contribution in [2.45, 2.75) is 38.3 Å². The minimum Gasteiger partial charge on any atom is -0.619 e. The van der Waals surface area contributed by atoms with Crippen LogP contribution in [0.25, 0.3) is 0 Å². The number of aromatic nitrogens is 1. The average Bonchev–Trinajstić information content (AvgIpc) is 3.30. The van der Waals surface area contributed by atoms with Gasteiger partial charge in [0.1, 0.15) is 0 Å². The van der Waals surface area contributed by atoms with Crippen molar-refractivity contribution in [2.75, 3.05) is 12.0 Å². The topological polar surface area (TPSA) is 85.9 Å². The van der Waals surface area contributed by atoms with Crippen LogP contribution in [0.1, 0.15) is 41.6 Å². The Kier molecular flexibility index (Phi) is 6.63.